The van der Waals surface area contributed by atoms with E-state index in [-0.39, 0.29) is 11.5 Å². The summed E-state index contributed by atoms with van der Waals surface area (Å²) >= 11 is 2.20. The number of para-hydroxylation sites is 1. The molecule has 0 saturated heterocycles. The van der Waals surface area contributed by atoms with Crippen molar-refractivity contribution in [1.82, 2.24) is 9.55 Å². The lowest BCUT2D eigenvalue weighted by Gasteiger charge is -2.08. The molecule has 1 N–H and O–H groups in total. The molecule has 5 nitrogen and oxygen atoms in total. The van der Waals surface area contributed by atoms with Gasteiger partial charge in [-0.25, -0.2) is 4.98 Å². The third-order valence-electron chi connectivity index (χ3n) is 3.64. The van der Waals surface area contributed by atoms with E-state index in [9.17, 15) is 9.59 Å². The molecule has 1 amide bonds. The summed E-state index contributed by atoms with van der Waals surface area (Å²) in [5.74, 6) is -0.0567. The normalized spacial score (nSPS) is 10.7. The first-order chi connectivity index (χ1) is 11.6. The minimum atomic E-state index is -0.0707. The lowest BCUT2D eigenvalue weighted by molar-refractivity contribution is -0.116. The van der Waals surface area contributed by atoms with Crippen LogP contribution in [0.3, 0.4) is 0 Å². The van der Waals surface area contributed by atoms with E-state index >= 15 is 0 Å². The number of aromatic nitrogens is 2. The molecule has 6 heteroatoms. The minimum absolute atomic E-state index is 0.0567. The summed E-state index contributed by atoms with van der Waals surface area (Å²) in [5, 5.41) is 3.47. The summed E-state index contributed by atoms with van der Waals surface area (Å²) in [5.41, 5.74) is 1.41. The van der Waals surface area contributed by atoms with E-state index in [2.05, 4.69) is 32.9 Å². The Morgan fingerprint density at radius 2 is 2.00 bits per heavy atom. The van der Waals surface area contributed by atoms with Gasteiger partial charge in [-0.15, -0.1) is 0 Å². The van der Waals surface area contributed by atoms with Gasteiger partial charge in [0.25, 0.3) is 5.56 Å². The predicted octanol–water partition coefficient (Wildman–Crippen LogP) is 3.42. The van der Waals surface area contributed by atoms with Crippen LogP contribution >= 0.6 is 22.6 Å². The molecule has 1 aromatic heterocycles. The van der Waals surface area contributed by atoms with Gasteiger partial charge in [0, 0.05) is 22.2 Å². The fourth-order valence-corrected chi connectivity index (χ4v) is 3.01. The zero-order chi connectivity index (χ0) is 16.9. The molecule has 0 bridgehead atoms. The minimum Gasteiger partial charge on any atom is -0.326 e. The largest absolute Gasteiger partial charge is 0.326 e. The number of hydrogen-bond acceptors (Lipinski definition) is 3. The SMILES string of the molecule is O=C(CCCn1cnc2ccccc2c1=O)Nc1cccc(I)c1. The molecule has 3 rings (SSSR count). The smallest absolute Gasteiger partial charge is 0.261 e. The molecule has 0 atom stereocenters. The molecule has 0 aliphatic rings. The van der Waals surface area contributed by atoms with Gasteiger partial charge >= 0.3 is 0 Å². The number of nitrogens with zero attached hydrogens (tertiary/aromatic N) is 2. The van der Waals surface area contributed by atoms with Crippen molar-refractivity contribution in [3.05, 3.63) is 68.8 Å². The van der Waals surface area contributed by atoms with Crippen molar-refractivity contribution in [3.8, 4) is 0 Å². The third kappa shape index (κ3) is 4.00. The van der Waals surface area contributed by atoms with Crippen LogP contribution in [0.25, 0.3) is 10.9 Å². The highest BCUT2D eigenvalue weighted by Crippen LogP contribution is 2.13. The van der Waals surface area contributed by atoms with Crippen molar-refractivity contribution >= 4 is 45.1 Å². The zero-order valence-electron chi connectivity index (χ0n) is 12.9. The molecule has 0 aliphatic heterocycles. The van der Waals surface area contributed by atoms with Crippen molar-refractivity contribution in [1.29, 1.82) is 0 Å². The van der Waals surface area contributed by atoms with Crippen molar-refractivity contribution in [3.63, 3.8) is 0 Å². The van der Waals surface area contributed by atoms with Crippen LogP contribution in [0.4, 0.5) is 5.69 Å². The van der Waals surface area contributed by atoms with Gasteiger partial charge in [-0.1, -0.05) is 18.2 Å². The number of benzene rings is 2. The second-order valence-electron chi connectivity index (χ2n) is 5.42. The molecule has 3 aromatic rings. The van der Waals surface area contributed by atoms with Gasteiger partial charge in [0.15, 0.2) is 0 Å². The number of nitrogens with one attached hydrogen (secondary N) is 1. The van der Waals surface area contributed by atoms with Gasteiger partial charge in [0.2, 0.25) is 5.91 Å². The van der Waals surface area contributed by atoms with Gasteiger partial charge in [-0.05, 0) is 59.3 Å². The number of halogens is 1. The first-order valence-electron chi connectivity index (χ1n) is 7.63. The highest BCUT2D eigenvalue weighted by Gasteiger charge is 2.06. The molecule has 0 saturated carbocycles. The van der Waals surface area contributed by atoms with Crippen LogP contribution in [0, 0.1) is 3.57 Å². The van der Waals surface area contributed by atoms with Gasteiger partial charge in [0.1, 0.15) is 0 Å². The van der Waals surface area contributed by atoms with E-state index in [0.717, 1.165) is 9.26 Å². The van der Waals surface area contributed by atoms with Crippen LogP contribution < -0.4 is 10.9 Å². The first kappa shape index (κ1) is 16.6. The quantitative estimate of drug-likeness (QED) is 0.628. The number of carbonyl (C=O) groups excluding carboxylic acids is 1. The van der Waals surface area contributed by atoms with E-state index < -0.39 is 0 Å². The third-order valence-corrected chi connectivity index (χ3v) is 4.31. The van der Waals surface area contributed by atoms with Crippen molar-refractivity contribution in [2.24, 2.45) is 0 Å². The second-order valence-corrected chi connectivity index (χ2v) is 6.67. The van der Waals surface area contributed by atoms with Crippen LogP contribution in [0.15, 0.2) is 59.7 Å². The Morgan fingerprint density at radius 1 is 1.17 bits per heavy atom. The standard InChI is InChI=1S/C18H16IN3O2/c19-13-5-3-6-14(11-13)21-17(23)9-4-10-22-12-20-16-8-2-1-7-15(16)18(22)24/h1-3,5-8,11-12H,4,9-10H2,(H,21,23). The molecular weight excluding hydrogens is 417 g/mol. The Bertz CT molecular complexity index is 937. The molecular formula is C18H16IN3O2. The summed E-state index contributed by atoms with van der Waals surface area (Å²) in [4.78, 5) is 28.6. The average Bonchev–Trinajstić information content (AvgIpc) is 2.57. The number of anilines is 1. The van der Waals surface area contributed by atoms with E-state index in [1.54, 1.807) is 17.0 Å². The Labute approximate surface area is 152 Å². The number of carbonyl (C=O) groups is 1. The number of fused-ring (bicyclic) bond motifs is 1. The van der Waals surface area contributed by atoms with E-state index in [1.165, 1.54) is 0 Å². The zero-order valence-corrected chi connectivity index (χ0v) is 15.1. The van der Waals surface area contributed by atoms with E-state index in [0.29, 0.717) is 30.3 Å². The van der Waals surface area contributed by atoms with Gasteiger partial charge < -0.3 is 5.32 Å². The molecule has 0 fully saturated rings. The monoisotopic (exact) mass is 433 g/mol. The van der Waals surface area contributed by atoms with Crippen LogP contribution in [0.2, 0.25) is 0 Å². The van der Waals surface area contributed by atoms with Crippen LogP contribution in [0.1, 0.15) is 12.8 Å². The average molecular weight is 433 g/mol. The number of aryl methyl sites for hydroxylation is 1. The topological polar surface area (TPSA) is 64.0 Å². The number of amides is 1. The Balaban J connectivity index is 1.59. The summed E-state index contributed by atoms with van der Waals surface area (Å²) in [6.07, 6.45) is 2.47. The summed E-state index contributed by atoms with van der Waals surface area (Å²) < 4.78 is 2.63. The number of rotatable bonds is 5. The molecule has 24 heavy (non-hydrogen) atoms. The summed E-state index contributed by atoms with van der Waals surface area (Å²) in [6.45, 7) is 0.469. The maximum Gasteiger partial charge on any atom is 0.261 e. The summed E-state index contributed by atoms with van der Waals surface area (Å²) in [6, 6.07) is 14.9. The molecule has 122 valence electrons. The molecule has 1 heterocycles. The lowest BCUT2D eigenvalue weighted by Crippen LogP contribution is -2.21. The van der Waals surface area contributed by atoms with E-state index in [4.69, 9.17) is 0 Å². The highest BCUT2D eigenvalue weighted by molar-refractivity contribution is 14.1. The molecule has 0 spiro atoms. The van der Waals surface area contributed by atoms with Crippen LogP contribution in [0.5, 0.6) is 0 Å². The van der Waals surface area contributed by atoms with Crippen molar-refractivity contribution in [2.75, 3.05) is 5.32 Å². The number of hydrogen-bond donors (Lipinski definition) is 1. The highest BCUT2D eigenvalue weighted by atomic mass is 127. The Kier molecular flexibility index (Phi) is 5.24. The van der Waals surface area contributed by atoms with Crippen LogP contribution in [-0.2, 0) is 11.3 Å². The van der Waals surface area contributed by atoms with E-state index in [1.807, 2.05) is 42.5 Å². The Hall–Kier alpha value is -2.22. The summed E-state index contributed by atoms with van der Waals surface area (Å²) in [7, 11) is 0. The molecule has 0 unspecified atom stereocenters. The molecule has 0 aliphatic carbocycles. The molecule has 2 aromatic carbocycles. The van der Waals surface area contributed by atoms with Crippen molar-refractivity contribution < 1.29 is 4.79 Å². The Morgan fingerprint density at radius 3 is 2.83 bits per heavy atom. The molecule has 0 radical (unpaired) electrons. The first-order valence-corrected chi connectivity index (χ1v) is 8.71. The van der Waals surface area contributed by atoms with Gasteiger partial charge in [-0.3, -0.25) is 14.2 Å². The maximum absolute atomic E-state index is 12.4. The van der Waals surface area contributed by atoms with Gasteiger partial charge in [0.05, 0.1) is 17.2 Å². The van der Waals surface area contributed by atoms with Crippen LogP contribution in [-0.4, -0.2) is 15.5 Å². The lowest BCUT2D eigenvalue weighted by atomic mass is 10.2. The fourth-order valence-electron chi connectivity index (χ4n) is 2.47. The maximum atomic E-state index is 12.4. The second kappa shape index (κ2) is 7.57. The van der Waals surface area contributed by atoms with Gasteiger partial charge in [-0.2, -0.15) is 0 Å². The fraction of sp³-hybridized carbons (Fsp3) is 0.167. The van der Waals surface area contributed by atoms with Crippen molar-refractivity contribution in [2.45, 2.75) is 19.4 Å². The predicted molar refractivity (Wildman–Crippen MR) is 103 cm³/mol.